The maximum absolute atomic E-state index is 15.1. The van der Waals surface area contributed by atoms with Crippen molar-refractivity contribution in [2.75, 3.05) is 0 Å². The van der Waals surface area contributed by atoms with E-state index in [1.54, 1.807) is 0 Å². The topological polar surface area (TPSA) is 52.9 Å². The average molecular weight is 487 g/mol. The van der Waals surface area contributed by atoms with Gasteiger partial charge >= 0.3 is 0 Å². The van der Waals surface area contributed by atoms with Crippen molar-refractivity contribution in [1.29, 1.82) is 5.26 Å². The third-order valence-electron chi connectivity index (χ3n) is 6.87. The lowest BCUT2D eigenvalue weighted by molar-refractivity contribution is 0.448. The molecular weight excluding hydrogens is 459 g/mol. The molecule has 4 heteroatoms. The van der Waals surface area contributed by atoms with Gasteiger partial charge in [0.1, 0.15) is 0 Å². The van der Waals surface area contributed by atoms with Crippen molar-refractivity contribution in [3.63, 3.8) is 0 Å². The zero-order valence-electron chi connectivity index (χ0n) is 20.1. The third-order valence-corrected chi connectivity index (χ3v) is 9.54. The Bertz CT molecular complexity index is 1510. The molecule has 0 aliphatic heterocycles. The van der Waals surface area contributed by atoms with Crippen molar-refractivity contribution in [3.05, 3.63) is 145 Å². The van der Waals surface area contributed by atoms with Crippen LogP contribution in [0.2, 0.25) is 0 Å². The molecule has 0 aliphatic carbocycles. The highest BCUT2D eigenvalue weighted by molar-refractivity contribution is 7.76. The summed E-state index contributed by atoms with van der Waals surface area (Å²) in [5.74, 6) is 0. The van der Waals surface area contributed by atoms with Gasteiger partial charge < -0.3 is 0 Å². The number of hydrogen-bond acceptors (Lipinski definition) is 2. The van der Waals surface area contributed by atoms with Crippen LogP contribution in [0.15, 0.2) is 133 Å². The lowest BCUT2D eigenvalue weighted by Gasteiger charge is -2.37. The third kappa shape index (κ3) is 4.27. The number of rotatable bonds is 7. The highest BCUT2D eigenvalue weighted by atomic mass is 31.2. The number of benzene rings is 5. The molecule has 0 aromatic heterocycles. The van der Waals surface area contributed by atoms with E-state index in [4.69, 9.17) is 0 Å². The Labute approximate surface area is 212 Å². The van der Waals surface area contributed by atoms with Crippen molar-refractivity contribution in [1.82, 2.24) is 5.09 Å². The monoisotopic (exact) mass is 486 g/mol. The Kier molecular flexibility index (Phi) is 6.57. The summed E-state index contributed by atoms with van der Waals surface area (Å²) in [4.78, 5) is 0. The lowest BCUT2D eigenvalue weighted by Crippen LogP contribution is -2.41. The second-order valence-corrected chi connectivity index (χ2v) is 11.6. The Hall–Kier alpha value is -3.96. The molecule has 2 atom stereocenters. The molecule has 0 radical (unpaired) electrons. The van der Waals surface area contributed by atoms with Gasteiger partial charge in [-0.05, 0) is 53.1 Å². The van der Waals surface area contributed by atoms with Gasteiger partial charge in [0.05, 0.1) is 17.5 Å². The highest BCUT2D eigenvalue weighted by Gasteiger charge is 2.43. The molecule has 0 saturated carbocycles. The van der Waals surface area contributed by atoms with Crippen LogP contribution in [0.25, 0.3) is 10.8 Å². The predicted molar refractivity (Wildman–Crippen MR) is 149 cm³/mol. The fourth-order valence-electron chi connectivity index (χ4n) is 4.85. The molecule has 36 heavy (non-hydrogen) atoms. The summed E-state index contributed by atoms with van der Waals surface area (Å²) >= 11 is 0. The summed E-state index contributed by atoms with van der Waals surface area (Å²) in [6.07, 6.45) is 0. The lowest BCUT2D eigenvalue weighted by atomic mass is 9.74. The van der Waals surface area contributed by atoms with Gasteiger partial charge in [0.15, 0.2) is 0 Å². The van der Waals surface area contributed by atoms with Crippen LogP contribution in [-0.4, -0.2) is 0 Å². The normalized spacial score (nSPS) is 14.0. The Morgan fingerprint density at radius 3 is 1.78 bits per heavy atom. The van der Waals surface area contributed by atoms with E-state index in [0.717, 1.165) is 21.9 Å². The predicted octanol–water partition coefficient (Wildman–Crippen LogP) is 6.88. The van der Waals surface area contributed by atoms with Crippen LogP contribution in [0.5, 0.6) is 0 Å². The Morgan fingerprint density at radius 2 is 1.19 bits per heavy atom. The van der Waals surface area contributed by atoms with Gasteiger partial charge in [0.25, 0.3) is 0 Å². The molecule has 0 unspecified atom stereocenters. The molecule has 0 fully saturated rings. The second-order valence-electron chi connectivity index (χ2n) is 9.09. The van der Waals surface area contributed by atoms with Crippen LogP contribution in [0.3, 0.4) is 0 Å². The Morgan fingerprint density at radius 1 is 0.694 bits per heavy atom. The first-order valence-electron chi connectivity index (χ1n) is 12.0. The van der Waals surface area contributed by atoms with Crippen LogP contribution >= 0.6 is 7.29 Å². The minimum absolute atomic E-state index is 0.567. The van der Waals surface area contributed by atoms with Crippen molar-refractivity contribution in [2.45, 2.75) is 18.4 Å². The quantitative estimate of drug-likeness (QED) is 0.255. The first-order valence-corrected chi connectivity index (χ1v) is 13.7. The van der Waals surface area contributed by atoms with Gasteiger partial charge in [-0.3, -0.25) is 9.65 Å². The van der Waals surface area contributed by atoms with E-state index in [0.29, 0.717) is 10.6 Å². The molecule has 5 rings (SSSR count). The van der Waals surface area contributed by atoms with Crippen LogP contribution in [-0.2, 0) is 9.98 Å². The standard InChI is InChI=1S/C32H27N2OP/c1-32(24-33,26-16-5-2-6-17-26)31(30-23-13-15-25-14-11-12-22-29(25)30)34-36(35,27-18-7-3-8-19-27)28-20-9-4-10-21-28/h2-23,31H,1H3,(H,34,35)/t31-,32-/m1/s1. The molecule has 0 amide bonds. The summed E-state index contributed by atoms with van der Waals surface area (Å²) in [5.41, 5.74) is 0.795. The smallest absolute Gasteiger partial charge is 0.205 e. The van der Waals surface area contributed by atoms with Crippen molar-refractivity contribution in [2.24, 2.45) is 0 Å². The van der Waals surface area contributed by atoms with Crippen molar-refractivity contribution < 1.29 is 4.57 Å². The van der Waals surface area contributed by atoms with Crippen LogP contribution in [0, 0.1) is 11.3 Å². The summed E-state index contributed by atoms with van der Waals surface area (Å²) in [5, 5.41) is 17.8. The number of nitrogens with one attached hydrogen (secondary N) is 1. The van der Waals surface area contributed by atoms with Crippen LogP contribution in [0.1, 0.15) is 24.1 Å². The average Bonchev–Trinajstić information content (AvgIpc) is 2.96. The first-order chi connectivity index (χ1) is 17.6. The first kappa shape index (κ1) is 23.8. The number of hydrogen-bond donors (Lipinski definition) is 1. The van der Waals surface area contributed by atoms with E-state index in [-0.39, 0.29) is 0 Å². The SMILES string of the molecule is C[C@@](C#N)(c1ccccc1)[C@H](NP(=O)(c1ccccc1)c1ccccc1)c1cccc2ccccc12. The van der Waals surface area contributed by atoms with Crippen LogP contribution in [0.4, 0.5) is 0 Å². The van der Waals surface area contributed by atoms with Gasteiger partial charge in [0, 0.05) is 10.6 Å². The van der Waals surface area contributed by atoms with Crippen LogP contribution < -0.4 is 15.7 Å². The minimum Gasteiger partial charge on any atom is -0.297 e. The molecule has 0 spiro atoms. The van der Waals surface area contributed by atoms with Crippen molar-refractivity contribution in [3.8, 4) is 6.07 Å². The molecule has 0 heterocycles. The van der Waals surface area contributed by atoms with Gasteiger partial charge in [-0.25, -0.2) is 0 Å². The molecule has 3 nitrogen and oxygen atoms in total. The zero-order chi connectivity index (χ0) is 25.0. The van der Waals surface area contributed by atoms with Gasteiger partial charge in [-0.1, -0.05) is 109 Å². The van der Waals surface area contributed by atoms with Gasteiger partial charge in [-0.15, -0.1) is 0 Å². The minimum atomic E-state index is -3.35. The summed E-state index contributed by atoms with van der Waals surface area (Å²) < 4.78 is 15.1. The van der Waals surface area contributed by atoms with E-state index in [2.05, 4.69) is 29.4 Å². The molecule has 176 valence electrons. The second kappa shape index (κ2) is 9.96. The highest BCUT2D eigenvalue weighted by Crippen LogP contribution is 2.48. The number of nitriles is 1. The molecule has 0 aliphatic rings. The number of nitrogens with zero attached hydrogens (tertiary/aromatic N) is 1. The number of fused-ring (bicyclic) bond motifs is 1. The maximum atomic E-state index is 15.1. The zero-order valence-corrected chi connectivity index (χ0v) is 21.0. The molecule has 0 bridgehead atoms. The van der Waals surface area contributed by atoms with E-state index in [1.165, 1.54) is 0 Å². The summed E-state index contributed by atoms with van der Waals surface area (Å²) in [7, 11) is -3.35. The van der Waals surface area contributed by atoms with Gasteiger partial charge in [-0.2, -0.15) is 5.26 Å². The fraction of sp³-hybridized carbons (Fsp3) is 0.0938. The Balaban J connectivity index is 1.78. The van der Waals surface area contributed by atoms with E-state index >= 15 is 4.57 Å². The van der Waals surface area contributed by atoms with Gasteiger partial charge in [0.2, 0.25) is 7.29 Å². The van der Waals surface area contributed by atoms with E-state index in [1.807, 2.05) is 122 Å². The largest absolute Gasteiger partial charge is 0.297 e. The molecule has 0 saturated heterocycles. The van der Waals surface area contributed by atoms with Crippen molar-refractivity contribution >= 4 is 28.7 Å². The van der Waals surface area contributed by atoms with E-state index < -0.39 is 18.7 Å². The summed E-state index contributed by atoms with van der Waals surface area (Å²) in [6, 6.07) is 45.1. The fourth-order valence-corrected chi connectivity index (χ4v) is 7.39. The van der Waals surface area contributed by atoms with E-state index in [9.17, 15) is 5.26 Å². The maximum Gasteiger partial charge on any atom is 0.205 e. The molecular formula is C32H27N2OP. The molecule has 5 aromatic carbocycles. The summed E-state index contributed by atoms with van der Waals surface area (Å²) in [6.45, 7) is 1.93. The molecule has 5 aromatic rings. The molecule has 1 N–H and O–H groups in total.